The quantitative estimate of drug-likeness (QED) is 0.389. The summed E-state index contributed by atoms with van der Waals surface area (Å²) in [6, 6.07) is 11.3. The fourth-order valence-corrected chi connectivity index (χ4v) is 4.00. The van der Waals surface area contributed by atoms with E-state index in [1.807, 2.05) is 24.5 Å². The maximum absolute atomic E-state index is 13.2. The topological polar surface area (TPSA) is 69.0 Å². The Bertz CT molecular complexity index is 1070. The van der Waals surface area contributed by atoms with Crippen molar-refractivity contribution >= 4 is 35.0 Å². The molecule has 3 rings (SSSR count). The first kappa shape index (κ1) is 24.1. The van der Waals surface area contributed by atoms with Crippen molar-refractivity contribution in [3.8, 4) is 5.75 Å². The highest BCUT2D eigenvalue weighted by molar-refractivity contribution is 7.99. The monoisotopic (exact) mass is 476 g/mol. The number of nitrogens with one attached hydrogen (secondary N) is 1. The van der Waals surface area contributed by atoms with Gasteiger partial charge in [0.1, 0.15) is 11.6 Å². The normalized spacial score (nSPS) is 12.1. The van der Waals surface area contributed by atoms with E-state index in [9.17, 15) is 9.18 Å². The molecule has 9 heteroatoms. The molecular weight excluding hydrogens is 451 g/mol. The van der Waals surface area contributed by atoms with E-state index < -0.39 is 6.10 Å². The van der Waals surface area contributed by atoms with Crippen molar-refractivity contribution in [2.24, 2.45) is 5.92 Å². The van der Waals surface area contributed by atoms with E-state index in [4.69, 9.17) is 16.3 Å². The Balaban J connectivity index is 1.70. The molecule has 1 amide bonds. The number of aromatic nitrogens is 3. The third kappa shape index (κ3) is 6.23. The van der Waals surface area contributed by atoms with E-state index >= 15 is 0 Å². The molecule has 0 aliphatic rings. The van der Waals surface area contributed by atoms with Crippen molar-refractivity contribution in [2.75, 3.05) is 11.1 Å². The van der Waals surface area contributed by atoms with Gasteiger partial charge >= 0.3 is 0 Å². The Morgan fingerprint density at radius 1 is 1.19 bits per heavy atom. The van der Waals surface area contributed by atoms with Crippen LogP contribution in [0.3, 0.4) is 0 Å². The predicted octanol–water partition coefficient (Wildman–Crippen LogP) is 5.91. The number of hydrogen-bond donors (Lipinski definition) is 1. The summed E-state index contributed by atoms with van der Waals surface area (Å²) in [4.78, 5) is 12.5. The van der Waals surface area contributed by atoms with Gasteiger partial charge in [0.25, 0.3) is 0 Å². The Labute approximate surface area is 196 Å². The number of hydrogen-bond acceptors (Lipinski definition) is 5. The summed E-state index contributed by atoms with van der Waals surface area (Å²) >= 11 is 7.44. The van der Waals surface area contributed by atoms with Crippen LogP contribution < -0.4 is 10.1 Å². The first-order valence-corrected chi connectivity index (χ1v) is 11.6. The highest BCUT2D eigenvalue weighted by Crippen LogP contribution is 2.27. The van der Waals surface area contributed by atoms with E-state index in [0.717, 1.165) is 5.56 Å². The molecule has 32 heavy (non-hydrogen) atoms. The highest BCUT2D eigenvalue weighted by Gasteiger charge is 2.21. The lowest BCUT2D eigenvalue weighted by atomic mass is 10.2. The zero-order valence-electron chi connectivity index (χ0n) is 18.4. The van der Waals surface area contributed by atoms with Gasteiger partial charge in [-0.05, 0) is 61.7 Å². The third-order valence-corrected chi connectivity index (χ3v) is 6.03. The summed E-state index contributed by atoms with van der Waals surface area (Å²) in [5, 5.41) is 12.7. The number of halogens is 2. The van der Waals surface area contributed by atoms with Crippen LogP contribution >= 0.6 is 23.4 Å². The fourth-order valence-electron chi connectivity index (χ4n) is 3.07. The smallest absolute Gasteiger partial charge is 0.234 e. The van der Waals surface area contributed by atoms with E-state index in [0.29, 0.717) is 39.9 Å². The molecule has 0 saturated carbocycles. The van der Waals surface area contributed by atoms with Crippen molar-refractivity contribution in [1.82, 2.24) is 14.8 Å². The first-order chi connectivity index (χ1) is 15.2. The number of carbonyl (C=O) groups excluding carboxylic acids is 1. The molecule has 2 aromatic carbocycles. The SMILES string of the molecule is Cc1c(Cl)cccc1NC(=O)CSc1nnc(C(C)Oc2ccc(F)cc2)n1CC(C)C. The molecule has 0 fully saturated rings. The Kier molecular flexibility index (Phi) is 8.15. The van der Waals surface area contributed by atoms with Gasteiger partial charge in [-0.1, -0.05) is 43.3 Å². The van der Waals surface area contributed by atoms with Crippen LogP contribution in [0.2, 0.25) is 5.02 Å². The van der Waals surface area contributed by atoms with Crippen molar-refractivity contribution in [3.05, 3.63) is 64.7 Å². The maximum atomic E-state index is 13.2. The summed E-state index contributed by atoms with van der Waals surface area (Å²) in [7, 11) is 0. The van der Waals surface area contributed by atoms with Gasteiger partial charge in [0.05, 0.1) is 5.75 Å². The number of anilines is 1. The number of rotatable bonds is 9. The molecule has 170 valence electrons. The fraction of sp³-hybridized carbons (Fsp3) is 0.348. The van der Waals surface area contributed by atoms with Crippen LogP contribution in [0, 0.1) is 18.7 Å². The average Bonchev–Trinajstić information content (AvgIpc) is 3.13. The second-order valence-electron chi connectivity index (χ2n) is 7.81. The number of ether oxygens (including phenoxy) is 1. The maximum Gasteiger partial charge on any atom is 0.234 e. The largest absolute Gasteiger partial charge is 0.483 e. The van der Waals surface area contributed by atoms with Gasteiger partial charge in [0.2, 0.25) is 5.91 Å². The summed E-state index contributed by atoms with van der Waals surface area (Å²) in [6.45, 7) is 8.60. The lowest BCUT2D eigenvalue weighted by Crippen LogP contribution is -2.17. The van der Waals surface area contributed by atoms with Crippen LogP contribution in [0.5, 0.6) is 5.75 Å². The number of nitrogens with zero attached hydrogens (tertiary/aromatic N) is 3. The number of amides is 1. The predicted molar refractivity (Wildman–Crippen MR) is 126 cm³/mol. The molecule has 0 aliphatic heterocycles. The Morgan fingerprint density at radius 3 is 2.59 bits per heavy atom. The summed E-state index contributed by atoms with van der Waals surface area (Å²) in [6.07, 6.45) is -0.399. The molecule has 0 aliphatic carbocycles. The lowest BCUT2D eigenvalue weighted by molar-refractivity contribution is -0.113. The van der Waals surface area contributed by atoms with Crippen LogP contribution in [0.1, 0.15) is 38.3 Å². The Hall–Kier alpha value is -2.58. The standard InChI is InChI=1S/C23H26ClFN4O2S/c1-14(2)12-29-22(16(4)31-18-10-8-17(25)9-11-18)27-28-23(29)32-13-21(30)26-20-7-5-6-19(24)15(20)3/h5-11,14,16H,12-13H2,1-4H3,(H,26,30). The van der Waals surface area contributed by atoms with E-state index in [1.54, 1.807) is 24.3 Å². The second-order valence-corrected chi connectivity index (χ2v) is 9.16. The average molecular weight is 477 g/mol. The summed E-state index contributed by atoms with van der Waals surface area (Å²) in [5.41, 5.74) is 1.51. The highest BCUT2D eigenvalue weighted by atomic mass is 35.5. The molecule has 1 aromatic heterocycles. The van der Waals surface area contributed by atoms with Crippen LogP contribution in [0.25, 0.3) is 0 Å². The molecule has 1 N–H and O–H groups in total. The minimum atomic E-state index is -0.399. The minimum absolute atomic E-state index is 0.156. The summed E-state index contributed by atoms with van der Waals surface area (Å²) in [5.74, 6) is 1.23. The van der Waals surface area contributed by atoms with E-state index in [1.165, 1.54) is 23.9 Å². The Morgan fingerprint density at radius 2 is 1.91 bits per heavy atom. The second kappa shape index (κ2) is 10.8. The number of benzene rings is 2. The summed E-state index contributed by atoms with van der Waals surface area (Å²) < 4.78 is 21.1. The molecule has 0 bridgehead atoms. The molecule has 6 nitrogen and oxygen atoms in total. The van der Waals surface area contributed by atoms with Gasteiger partial charge in [-0.2, -0.15) is 0 Å². The van der Waals surface area contributed by atoms with Gasteiger partial charge in [0.15, 0.2) is 17.1 Å². The third-order valence-electron chi connectivity index (χ3n) is 4.66. The minimum Gasteiger partial charge on any atom is -0.483 e. The van der Waals surface area contributed by atoms with Gasteiger partial charge < -0.3 is 14.6 Å². The van der Waals surface area contributed by atoms with Gasteiger partial charge in [-0.15, -0.1) is 10.2 Å². The molecule has 0 spiro atoms. The van der Waals surface area contributed by atoms with Gasteiger partial charge in [-0.25, -0.2) is 4.39 Å². The van der Waals surface area contributed by atoms with E-state index in [2.05, 4.69) is 29.4 Å². The van der Waals surface area contributed by atoms with Gasteiger partial charge in [0, 0.05) is 17.3 Å². The molecule has 1 unspecified atom stereocenters. The molecule has 1 atom stereocenters. The van der Waals surface area contributed by atoms with Crippen molar-refractivity contribution < 1.29 is 13.9 Å². The van der Waals surface area contributed by atoms with Gasteiger partial charge in [-0.3, -0.25) is 4.79 Å². The lowest BCUT2D eigenvalue weighted by Gasteiger charge is -2.18. The van der Waals surface area contributed by atoms with Crippen molar-refractivity contribution in [1.29, 1.82) is 0 Å². The molecule has 1 heterocycles. The van der Waals surface area contributed by atoms with Crippen LogP contribution in [0.15, 0.2) is 47.6 Å². The van der Waals surface area contributed by atoms with Crippen molar-refractivity contribution in [2.45, 2.75) is 45.5 Å². The van der Waals surface area contributed by atoms with Crippen LogP contribution in [0.4, 0.5) is 10.1 Å². The first-order valence-electron chi connectivity index (χ1n) is 10.3. The van der Waals surface area contributed by atoms with E-state index in [-0.39, 0.29) is 17.5 Å². The number of thioether (sulfide) groups is 1. The molecular formula is C23H26ClFN4O2S. The number of carbonyl (C=O) groups is 1. The zero-order chi connectivity index (χ0) is 23.3. The molecule has 3 aromatic rings. The van der Waals surface area contributed by atoms with Crippen LogP contribution in [-0.2, 0) is 11.3 Å². The molecule has 0 radical (unpaired) electrons. The van der Waals surface area contributed by atoms with Crippen LogP contribution in [-0.4, -0.2) is 26.4 Å². The zero-order valence-corrected chi connectivity index (χ0v) is 20.0. The molecule has 0 saturated heterocycles. The van der Waals surface area contributed by atoms with Crippen molar-refractivity contribution in [3.63, 3.8) is 0 Å².